The molecule has 0 atom stereocenters. The van der Waals surface area contributed by atoms with E-state index in [-0.39, 0.29) is 17.1 Å². The summed E-state index contributed by atoms with van der Waals surface area (Å²) in [4.78, 5) is 14.4. The van der Waals surface area contributed by atoms with Gasteiger partial charge in [-0.1, -0.05) is 0 Å². The zero-order valence-corrected chi connectivity index (χ0v) is 13.6. The third-order valence-electron chi connectivity index (χ3n) is 7.02. The number of hydrogen-bond donors (Lipinski definition) is 0. The number of likely N-dealkylation sites (tertiary alicyclic amines) is 1. The Morgan fingerprint density at radius 2 is 1.48 bits per heavy atom. The normalized spacial score (nSPS) is 41.6. The van der Waals surface area contributed by atoms with Gasteiger partial charge in [0.1, 0.15) is 5.60 Å². The van der Waals surface area contributed by atoms with Crippen molar-refractivity contribution in [1.82, 2.24) is 4.90 Å². The minimum atomic E-state index is -0.303. The molecule has 0 unspecified atom stereocenters. The van der Waals surface area contributed by atoms with Crippen LogP contribution >= 0.6 is 0 Å². The van der Waals surface area contributed by atoms with Gasteiger partial charge < -0.3 is 9.64 Å². The number of rotatable bonds is 2. The molecular weight excluding hydrogens is 262 g/mol. The van der Waals surface area contributed by atoms with E-state index in [0.717, 1.165) is 43.7 Å². The van der Waals surface area contributed by atoms with Gasteiger partial charge in [0.25, 0.3) is 0 Å². The lowest BCUT2D eigenvalue weighted by Gasteiger charge is -2.61. The summed E-state index contributed by atoms with van der Waals surface area (Å²) >= 11 is 0. The Morgan fingerprint density at radius 3 is 1.95 bits per heavy atom. The molecule has 118 valence electrons. The number of carbonyl (C=O) groups is 1. The van der Waals surface area contributed by atoms with Crippen molar-refractivity contribution in [2.24, 2.45) is 23.2 Å². The van der Waals surface area contributed by atoms with Gasteiger partial charge in [-0.25, -0.2) is 4.79 Å². The predicted octanol–water partition coefficient (Wildman–Crippen LogP) is 4.21. The number of hydrogen-bond acceptors (Lipinski definition) is 2. The van der Waals surface area contributed by atoms with Crippen LogP contribution in [0.15, 0.2) is 0 Å². The minimum absolute atomic E-state index is 0.0618. The van der Waals surface area contributed by atoms with Gasteiger partial charge in [-0.15, -0.1) is 0 Å². The summed E-state index contributed by atoms with van der Waals surface area (Å²) in [6.07, 6.45) is 10.4. The molecule has 5 rings (SSSR count). The van der Waals surface area contributed by atoms with Gasteiger partial charge in [0.15, 0.2) is 0 Å². The maximum Gasteiger partial charge on any atom is 0.410 e. The fourth-order valence-electron chi connectivity index (χ4n) is 6.14. The zero-order valence-electron chi connectivity index (χ0n) is 13.6. The molecule has 4 aliphatic carbocycles. The average molecular weight is 291 g/mol. The smallest absolute Gasteiger partial charge is 0.410 e. The molecule has 3 heteroatoms. The predicted molar refractivity (Wildman–Crippen MR) is 82.0 cm³/mol. The molecule has 0 radical (unpaired) electrons. The molecule has 1 heterocycles. The largest absolute Gasteiger partial charge is 0.443 e. The fourth-order valence-corrected chi connectivity index (χ4v) is 6.14. The first-order valence-corrected chi connectivity index (χ1v) is 8.95. The van der Waals surface area contributed by atoms with E-state index in [0.29, 0.717) is 0 Å². The SMILES string of the molecule is CC(C)(OC(=O)N1CCCC1)C12CC3CC(CC(C3)C1)C2. The summed E-state index contributed by atoms with van der Waals surface area (Å²) < 4.78 is 6.09. The van der Waals surface area contributed by atoms with E-state index in [9.17, 15) is 4.79 Å². The van der Waals surface area contributed by atoms with Crippen molar-refractivity contribution in [1.29, 1.82) is 0 Å². The summed E-state index contributed by atoms with van der Waals surface area (Å²) in [7, 11) is 0. The Balaban J connectivity index is 1.52. The first kappa shape index (κ1) is 13.9. The summed E-state index contributed by atoms with van der Waals surface area (Å²) in [5.41, 5.74) is -0.0418. The van der Waals surface area contributed by atoms with Crippen LogP contribution in [0.5, 0.6) is 0 Å². The molecule has 1 amide bonds. The molecule has 5 fully saturated rings. The Bertz CT molecular complexity index is 401. The first-order chi connectivity index (χ1) is 9.97. The molecule has 0 aromatic rings. The fraction of sp³-hybridized carbons (Fsp3) is 0.944. The Hall–Kier alpha value is -0.730. The van der Waals surface area contributed by atoms with Crippen molar-refractivity contribution >= 4 is 6.09 Å². The van der Waals surface area contributed by atoms with Crippen molar-refractivity contribution in [3.8, 4) is 0 Å². The zero-order chi connectivity index (χ0) is 14.7. The van der Waals surface area contributed by atoms with E-state index < -0.39 is 0 Å². The van der Waals surface area contributed by atoms with Gasteiger partial charge in [0.05, 0.1) is 0 Å². The molecule has 0 spiro atoms. The van der Waals surface area contributed by atoms with Gasteiger partial charge in [-0.05, 0) is 83.0 Å². The van der Waals surface area contributed by atoms with E-state index >= 15 is 0 Å². The van der Waals surface area contributed by atoms with E-state index in [4.69, 9.17) is 4.74 Å². The van der Waals surface area contributed by atoms with E-state index in [1.165, 1.54) is 38.5 Å². The van der Waals surface area contributed by atoms with Gasteiger partial charge in [-0.2, -0.15) is 0 Å². The molecular formula is C18H29NO2. The lowest BCUT2D eigenvalue weighted by atomic mass is 9.46. The van der Waals surface area contributed by atoms with Crippen molar-refractivity contribution in [3.05, 3.63) is 0 Å². The molecule has 0 aromatic heterocycles. The summed E-state index contributed by atoms with van der Waals surface area (Å²) in [5.74, 6) is 2.71. The standard InChI is InChI=1S/C18H29NO2/c1-17(2,21-16(20)19-5-3-4-6-19)18-10-13-7-14(11-18)9-15(8-13)12-18/h13-15H,3-12H2,1-2H3. The van der Waals surface area contributed by atoms with Crippen molar-refractivity contribution < 1.29 is 9.53 Å². The van der Waals surface area contributed by atoms with Crippen LogP contribution in [0.3, 0.4) is 0 Å². The summed E-state index contributed by atoms with van der Waals surface area (Å²) in [6, 6.07) is 0. The second kappa shape index (κ2) is 4.63. The van der Waals surface area contributed by atoms with E-state index in [2.05, 4.69) is 13.8 Å². The Kier molecular flexibility index (Phi) is 3.07. The van der Waals surface area contributed by atoms with Crippen LogP contribution in [0, 0.1) is 23.2 Å². The highest BCUT2D eigenvalue weighted by Gasteiger charge is 2.58. The molecule has 0 aromatic carbocycles. The van der Waals surface area contributed by atoms with Crippen LogP contribution in [-0.4, -0.2) is 29.7 Å². The molecule has 5 aliphatic rings. The van der Waals surface area contributed by atoms with Gasteiger partial charge >= 0.3 is 6.09 Å². The quantitative estimate of drug-likeness (QED) is 0.762. The maximum absolute atomic E-state index is 12.5. The molecule has 4 saturated carbocycles. The van der Waals surface area contributed by atoms with Crippen LogP contribution in [-0.2, 0) is 4.74 Å². The lowest BCUT2D eigenvalue weighted by molar-refractivity contribution is -0.166. The second-order valence-electron chi connectivity index (χ2n) is 8.77. The number of ether oxygens (including phenoxy) is 1. The Labute approximate surface area is 128 Å². The summed E-state index contributed by atoms with van der Waals surface area (Å²) in [5, 5.41) is 0. The highest BCUT2D eigenvalue weighted by atomic mass is 16.6. The second-order valence-corrected chi connectivity index (χ2v) is 8.77. The number of amides is 1. The third kappa shape index (κ3) is 2.19. The molecule has 1 aliphatic heterocycles. The van der Waals surface area contributed by atoms with Crippen LogP contribution in [0.2, 0.25) is 0 Å². The monoisotopic (exact) mass is 291 g/mol. The van der Waals surface area contributed by atoms with Crippen molar-refractivity contribution in [2.75, 3.05) is 13.1 Å². The number of carbonyl (C=O) groups excluding carboxylic acids is 1. The topological polar surface area (TPSA) is 29.5 Å². The van der Waals surface area contributed by atoms with Crippen LogP contribution in [0.1, 0.15) is 65.2 Å². The van der Waals surface area contributed by atoms with Crippen LogP contribution in [0.4, 0.5) is 4.79 Å². The van der Waals surface area contributed by atoms with Crippen LogP contribution < -0.4 is 0 Å². The summed E-state index contributed by atoms with van der Waals surface area (Å²) in [6.45, 7) is 6.15. The van der Waals surface area contributed by atoms with Crippen LogP contribution in [0.25, 0.3) is 0 Å². The van der Waals surface area contributed by atoms with Gasteiger partial charge in [0.2, 0.25) is 0 Å². The highest BCUT2D eigenvalue weighted by molar-refractivity contribution is 5.68. The molecule has 0 N–H and O–H groups in total. The van der Waals surface area contributed by atoms with Crippen molar-refractivity contribution in [3.63, 3.8) is 0 Å². The molecule has 1 saturated heterocycles. The number of nitrogens with zero attached hydrogens (tertiary/aromatic N) is 1. The molecule has 4 bridgehead atoms. The lowest BCUT2D eigenvalue weighted by Crippen LogP contribution is -2.58. The third-order valence-corrected chi connectivity index (χ3v) is 7.02. The highest BCUT2D eigenvalue weighted by Crippen LogP contribution is 2.64. The molecule has 21 heavy (non-hydrogen) atoms. The van der Waals surface area contributed by atoms with Crippen molar-refractivity contribution in [2.45, 2.75) is 70.8 Å². The first-order valence-electron chi connectivity index (χ1n) is 8.95. The minimum Gasteiger partial charge on any atom is -0.443 e. The molecule has 3 nitrogen and oxygen atoms in total. The van der Waals surface area contributed by atoms with E-state index in [1.807, 2.05) is 4.90 Å². The van der Waals surface area contributed by atoms with Gasteiger partial charge in [0, 0.05) is 18.5 Å². The van der Waals surface area contributed by atoms with E-state index in [1.54, 1.807) is 0 Å². The average Bonchev–Trinajstić information content (AvgIpc) is 2.90. The van der Waals surface area contributed by atoms with Gasteiger partial charge in [-0.3, -0.25) is 0 Å². The maximum atomic E-state index is 12.5. The Morgan fingerprint density at radius 1 is 1.00 bits per heavy atom.